The quantitative estimate of drug-likeness (QED) is 0.726. The first kappa shape index (κ1) is 14.2. The fourth-order valence-electron chi connectivity index (χ4n) is 2.16. The molecule has 1 aromatic carbocycles. The van der Waals surface area contributed by atoms with E-state index in [0.717, 1.165) is 12.8 Å². The molecule has 0 aromatic heterocycles. The Labute approximate surface area is 105 Å². The van der Waals surface area contributed by atoms with Gasteiger partial charge in [0.25, 0.3) is 0 Å². The molecule has 2 nitrogen and oxygen atoms in total. The maximum Gasteiger partial charge on any atom is 0.0587 e. The van der Waals surface area contributed by atoms with Gasteiger partial charge in [0.15, 0.2) is 0 Å². The van der Waals surface area contributed by atoms with Crippen LogP contribution in [0.3, 0.4) is 0 Å². The second-order valence-electron chi connectivity index (χ2n) is 4.63. The summed E-state index contributed by atoms with van der Waals surface area (Å²) in [5.41, 5.74) is 1.28. The lowest BCUT2D eigenvalue weighted by Crippen LogP contribution is -2.41. The molecular weight excluding hydrogens is 210 g/mol. The Balaban J connectivity index is 2.48. The molecule has 0 aliphatic heterocycles. The lowest BCUT2D eigenvalue weighted by atomic mass is 10.0. The predicted molar refractivity (Wildman–Crippen MR) is 73.1 cm³/mol. The molecule has 0 spiro atoms. The lowest BCUT2D eigenvalue weighted by molar-refractivity contribution is 0.226. The highest BCUT2D eigenvalue weighted by Crippen LogP contribution is 2.07. The van der Waals surface area contributed by atoms with Gasteiger partial charge < -0.3 is 10.4 Å². The minimum atomic E-state index is 0.175. The molecule has 0 saturated carbocycles. The summed E-state index contributed by atoms with van der Waals surface area (Å²) in [6.07, 6.45) is 4.40. The minimum absolute atomic E-state index is 0.175. The zero-order chi connectivity index (χ0) is 12.5. The van der Waals surface area contributed by atoms with Crippen molar-refractivity contribution < 1.29 is 5.11 Å². The molecule has 1 aromatic rings. The third-order valence-electron chi connectivity index (χ3n) is 3.15. The van der Waals surface area contributed by atoms with Crippen molar-refractivity contribution in [2.24, 2.45) is 0 Å². The topological polar surface area (TPSA) is 32.3 Å². The van der Waals surface area contributed by atoms with Crippen LogP contribution in [0.15, 0.2) is 30.3 Å². The van der Waals surface area contributed by atoms with E-state index in [9.17, 15) is 5.11 Å². The van der Waals surface area contributed by atoms with Crippen LogP contribution in [0.2, 0.25) is 0 Å². The van der Waals surface area contributed by atoms with E-state index in [1.807, 2.05) is 18.2 Å². The second-order valence-corrected chi connectivity index (χ2v) is 4.63. The van der Waals surface area contributed by atoms with Gasteiger partial charge in [-0.1, -0.05) is 50.6 Å². The Bertz CT molecular complexity index is 286. The predicted octanol–water partition coefficient (Wildman–Crippen LogP) is 2.76. The summed E-state index contributed by atoms with van der Waals surface area (Å²) in [6, 6.07) is 11.1. The molecule has 1 rings (SSSR count). The van der Waals surface area contributed by atoms with Gasteiger partial charge in [0, 0.05) is 12.1 Å². The molecule has 2 heteroatoms. The highest BCUT2D eigenvalue weighted by Gasteiger charge is 2.13. The van der Waals surface area contributed by atoms with Gasteiger partial charge in [-0.25, -0.2) is 0 Å². The molecule has 2 N–H and O–H groups in total. The molecule has 0 aliphatic carbocycles. The molecule has 0 heterocycles. The third kappa shape index (κ3) is 5.33. The van der Waals surface area contributed by atoms with E-state index in [1.165, 1.54) is 18.4 Å². The zero-order valence-electron chi connectivity index (χ0n) is 11.0. The van der Waals surface area contributed by atoms with Gasteiger partial charge in [0.1, 0.15) is 0 Å². The third-order valence-corrected chi connectivity index (χ3v) is 3.15. The fraction of sp³-hybridized carbons (Fsp3) is 0.600. The van der Waals surface area contributed by atoms with Crippen molar-refractivity contribution in [3.63, 3.8) is 0 Å². The molecule has 1 unspecified atom stereocenters. The lowest BCUT2D eigenvalue weighted by Gasteiger charge is -2.23. The van der Waals surface area contributed by atoms with E-state index in [-0.39, 0.29) is 12.6 Å². The minimum Gasteiger partial charge on any atom is -0.395 e. The molecule has 0 fully saturated rings. The summed E-state index contributed by atoms with van der Waals surface area (Å²) in [6.45, 7) is 4.61. The van der Waals surface area contributed by atoms with Crippen LogP contribution >= 0.6 is 0 Å². The van der Waals surface area contributed by atoms with Gasteiger partial charge in [-0.2, -0.15) is 0 Å². The smallest absolute Gasteiger partial charge is 0.0587 e. The average Bonchev–Trinajstić information content (AvgIpc) is 2.38. The first-order valence-corrected chi connectivity index (χ1v) is 6.71. The van der Waals surface area contributed by atoms with Gasteiger partial charge >= 0.3 is 0 Å². The van der Waals surface area contributed by atoms with Crippen LogP contribution in [0.4, 0.5) is 0 Å². The van der Waals surface area contributed by atoms with Crippen LogP contribution in [0.1, 0.15) is 38.7 Å². The van der Waals surface area contributed by atoms with Crippen molar-refractivity contribution in [3.05, 3.63) is 35.9 Å². The summed E-state index contributed by atoms with van der Waals surface area (Å²) in [5.74, 6) is 0. The Kier molecular flexibility index (Phi) is 6.90. The van der Waals surface area contributed by atoms with E-state index < -0.39 is 0 Å². The van der Waals surface area contributed by atoms with Crippen LogP contribution in [0.25, 0.3) is 0 Å². The molecule has 17 heavy (non-hydrogen) atoms. The molecular formula is C15H25NO. The Hall–Kier alpha value is -0.860. The highest BCUT2D eigenvalue weighted by molar-refractivity contribution is 5.15. The summed E-state index contributed by atoms with van der Waals surface area (Å²) in [5, 5.41) is 13.0. The van der Waals surface area contributed by atoms with E-state index in [0.29, 0.717) is 6.04 Å². The van der Waals surface area contributed by atoms with Gasteiger partial charge in [0.2, 0.25) is 0 Å². The number of aliphatic hydroxyl groups excluding tert-OH is 1. The number of hydrogen-bond donors (Lipinski definition) is 2. The maximum atomic E-state index is 9.44. The molecule has 0 saturated heterocycles. The molecule has 2 atom stereocenters. The SMILES string of the molecule is CCCC(CC)N[C@@H](CO)Cc1ccccc1. The molecule has 96 valence electrons. The standard InChI is InChI=1S/C15H25NO/c1-3-8-14(4-2)16-15(12-17)11-13-9-6-5-7-10-13/h5-7,9-10,14-17H,3-4,8,11-12H2,1-2H3/t14?,15-/m1/s1. The fourth-order valence-corrected chi connectivity index (χ4v) is 2.16. The van der Waals surface area contributed by atoms with Gasteiger partial charge in [-0.05, 0) is 24.8 Å². The second kappa shape index (κ2) is 8.26. The van der Waals surface area contributed by atoms with Crippen LogP contribution in [0, 0.1) is 0 Å². The van der Waals surface area contributed by atoms with E-state index in [2.05, 4.69) is 31.3 Å². The number of nitrogens with one attached hydrogen (secondary N) is 1. The van der Waals surface area contributed by atoms with Crippen LogP contribution < -0.4 is 5.32 Å². The average molecular weight is 235 g/mol. The largest absolute Gasteiger partial charge is 0.395 e. The first-order chi connectivity index (χ1) is 8.30. The molecule has 0 bridgehead atoms. The van der Waals surface area contributed by atoms with Crippen molar-refractivity contribution in [1.82, 2.24) is 5.32 Å². The highest BCUT2D eigenvalue weighted by atomic mass is 16.3. The Morgan fingerprint density at radius 1 is 1.12 bits per heavy atom. The number of aliphatic hydroxyl groups is 1. The van der Waals surface area contributed by atoms with Crippen LogP contribution in [0.5, 0.6) is 0 Å². The van der Waals surface area contributed by atoms with Crippen molar-refractivity contribution >= 4 is 0 Å². The van der Waals surface area contributed by atoms with Crippen LogP contribution in [-0.2, 0) is 6.42 Å². The molecule has 0 aliphatic rings. The van der Waals surface area contributed by atoms with Crippen molar-refractivity contribution in [2.45, 2.75) is 51.6 Å². The maximum absolute atomic E-state index is 9.44. The number of hydrogen-bond acceptors (Lipinski definition) is 2. The van der Waals surface area contributed by atoms with E-state index in [1.54, 1.807) is 0 Å². The van der Waals surface area contributed by atoms with Crippen molar-refractivity contribution in [2.75, 3.05) is 6.61 Å². The first-order valence-electron chi connectivity index (χ1n) is 6.71. The van der Waals surface area contributed by atoms with E-state index >= 15 is 0 Å². The van der Waals surface area contributed by atoms with Gasteiger partial charge in [-0.15, -0.1) is 0 Å². The number of rotatable bonds is 8. The zero-order valence-corrected chi connectivity index (χ0v) is 11.0. The van der Waals surface area contributed by atoms with Crippen molar-refractivity contribution in [1.29, 1.82) is 0 Å². The Morgan fingerprint density at radius 3 is 2.35 bits per heavy atom. The summed E-state index contributed by atoms with van der Waals surface area (Å²) in [7, 11) is 0. The monoisotopic (exact) mass is 235 g/mol. The summed E-state index contributed by atoms with van der Waals surface area (Å²) < 4.78 is 0. The summed E-state index contributed by atoms with van der Waals surface area (Å²) >= 11 is 0. The molecule has 0 radical (unpaired) electrons. The van der Waals surface area contributed by atoms with E-state index in [4.69, 9.17) is 0 Å². The van der Waals surface area contributed by atoms with Crippen LogP contribution in [-0.4, -0.2) is 23.8 Å². The normalized spacial score (nSPS) is 14.5. The number of benzene rings is 1. The van der Waals surface area contributed by atoms with Gasteiger partial charge in [-0.3, -0.25) is 0 Å². The van der Waals surface area contributed by atoms with Crippen molar-refractivity contribution in [3.8, 4) is 0 Å². The Morgan fingerprint density at radius 2 is 1.82 bits per heavy atom. The summed E-state index contributed by atoms with van der Waals surface area (Å²) in [4.78, 5) is 0. The van der Waals surface area contributed by atoms with Gasteiger partial charge in [0.05, 0.1) is 6.61 Å². The molecule has 0 amide bonds.